The second-order valence-corrected chi connectivity index (χ2v) is 5.14. The van der Waals surface area contributed by atoms with Gasteiger partial charge in [0.15, 0.2) is 0 Å². The van der Waals surface area contributed by atoms with E-state index >= 15 is 0 Å². The molecule has 5 heteroatoms. The van der Waals surface area contributed by atoms with Crippen LogP contribution in [0.3, 0.4) is 0 Å². The van der Waals surface area contributed by atoms with Gasteiger partial charge in [-0.1, -0.05) is 11.6 Å². The average Bonchev–Trinajstić information content (AvgIpc) is 2.42. The van der Waals surface area contributed by atoms with Gasteiger partial charge in [-0.05, 0) is 36.4 Å². The van der Waals surface area contributed by atoms with Crippen molar-refractivity contribution < 1.29 is 18.6 Å². The van der Waals surface area contributed by atoms with E-state index in [0.717, 1.165) is 0 Å². The van der Waals surface area contributed by atoms with Gasteiger partial charge >= 0.3 is 0 Å². The quantitative estimate of drug-likeness (QED) is 0.855. The van der Waals surface area contributed by atoms with Crippen LogP contribution < -0.4 is 4.74 Å². The van der Waals surface area contributed by atoms with Crippen molar-refractivity contribution in [2.45, 2.75) is 18.6 Å². The molecule has 1 N–H and O–H groups in total. The summed E-state index contributed by atoms with van der Waals surface area (Å²) >= 11 is 5.86. The molecule has 2 unspecified atom stereocenters. The van der Waals surface area contributed by atoms with E-state index in [4.69, 9.17) is 16.3 Å². The third-order valence-electron chi connectivity index (χ3n) is 3.34. The molecule has 0 radical (unpaired) electrons. The van der Waals surface area contributed by atoms with Crippen molar-refractivity contribution in [3.8, 4) is 5.75 Å². The van der Waals surface area contributed by atoms with Crippen molar-refractivity contribution >= 4 is 11.6 Å². The molecule has 0 amide bonds. The Morgan fingerprint density at radius 2 is 1.90 bits per heavy atom. The van der Waals surface area contributed by atoms with Gasteiger partial charge in [-0.2, -0.15) is 0 Å². The molecule has 0 fully saturated rings. The molecule has 0 spiro atoms. The average molecular weight is 297 g/mol. The Morgan fingerprint density at radius 3 is 2.70 bits per heavy atom. The SMILES string of the molecule is OC1CC(c2cc(Cl)ccc2F)Oc2ccc(F)cc21. The van der Waals surface area contributed by atoms with Gasteiger partial charge in [0.2, 0.25) is 0 Å². The first-order chi connectivity index (χ1) is 9.54. The maximum absolute atomic E-state index is 13.8. The van der Waals surface area contributed by atoms with Gasteiger partial charge in [-0.15, -0.1) is 0 Å². The summed E-state index contributed by atoms with van der Waals surface area (Å²) in [5.41, 5.74) is 0.662. The molecular formula is C15H11ClF2O2. The Balaban J connectivity index is 1.99. The van der Waals surface area contributed by atoms with E-state index in [2.05, 4.69) is 0 Å². The highest BCUT2D eigenvalue weighted by Gasteiger charge is 2.30. The number of fused-ring (bicyclic) bond motifs is 1. The molecule has 0 bridgehead atoms. The molecule has 2 aromatic rings. The van der Waals surface area contributed by atoms with Gasteiger partial charge < -0.3 is 9.84 Å². The Bertz CT molecular complexity index is 660. The third-order valence-corrected chi connectivity index (χ3v) is 3.58. The summed E-state index contributed by atoms with van der Waals surface area (Å²) in [6.45, 7) is 0. The Morgan fingerprint density at radius 1 is 1.10 bits per heavy atom. The molecule has 1 aliphatic heterocycles. The monoisotopic (exact) mass is 296 g/mol. The van der Waals surface area contributed by atoms with E-state index in [9.17, 15) is 13.9 Å². The minimum Gasteiger partial charge on any atom is -0.485 e. The van der Waals surface area contributed by atoms with E-state index in [1.54, 1.807) is 0 Å². The van der Waals surface area contributed by atoms with Crippen LogP contribution in [0.5, 0.6) is 5.75 Å². The van der Waals surface area contributed by atoms with Crippen LogP contribution in [0.4, 0.5) is 8.78 Å². The highest BCUT2D eigenvalue weighted by molar-refractivity contribution is 6.30. The fourth-order valence-corrected chi connectivity index (χ4v) is 2.55. The summed E-state index contributed by atoms with van der Waals surface area (Å²) in [7, 11) is 0. The number of ether oxygens (including phenoxy) is 1. The first-order valence-electron chi connectivity index (χ1n) is 6.13. The van der Waals surface area contributed by atoms with Crippen molar-refractivity contribution in [2.75, 3.05) is 0 Å². The Kier molecular flexibility index (Phi) is 3.36. The van der Waals surface area contributed by atoms with Crippen LogP contribution in [0.2, 0.25) is 5.02 Å². The number of rotatable bonds is 1. The maximum Gasteiger partial charge on any atom is 0.130 e. The lowest BCUT2D eigenvalue weighted by molar-refractivity contribution is 0.0636. The van der Waals surface area contributed by atoms with E-state index in [-0.39, 0.29) is 12.0 Å². The molecule has 20 heavy (non-hydrogen) atoms. The van der Waals surface area contributed by atoms with Gasteiger partial charge in [0, 0.05) is 22.6 Å². The topological polar surface area (TPSA) is 29.5 Å². The molecule has 3 rings (SSSR count). The minimum absolute atomic E-state index is 0.147. The first kappa shape index (κ1) is 13.3. The zero-order valence-corrected chi connectivity index (χ0v) is 11.1. The van der Waals surface area contributed by atoms with Crippen LogP contribution in [0.1, 0.15) is 29.8 Å². The predicted octanol–water partition coefficient (Wildman–Crippen LogP) is 4.18. The zero-order valence-electron chi connectivity index (χ0n) is 10.3. The molecule has 2 atom stereocenters. The highest BCUT2D eigenvalue weighted by atomic mass is 35.5. The summed E-state index contributed by atoms with van der Waals surface area (Å²) in [6, 6.07) is 8.08. The lowest BCUT2D eigenvalue weighted by Gasteiger charge is -2.30. The maximum atomic E-state index is 13.8. The van der Waals surface area contributed by atoms with Gasteiger partial charge in [0.25, 0.3) is 0 Å². The standard InChI is InChI=1S/C15H11ClF2O2/c16-8-1-3-12(18)10(5-8)15-7-13(19)11-6-9(17)2-4-14(11)20-15/h1-6,13,15,19H,7H2. The molecule has 0 saturated carbocycles. The molecule has 1 heterocycles. The number of hydrogen-bond donors (Lipinski definition) is 1. The van der Waals surface area contributed by atoms with E-state index in [1.165, 1.54) is 36.4 Å². The normalized spacial score (nSPS) is 21.2. The van der Waals surface area contributed by atoms with Crippen LogP contribution in [-0.4, -0.2) is 5.11 Å². The summed E-state index contributed by atoms with van der Waals surface area (Å²) in [4.78, 5) is 0. The van der Waals surface area contributed by atoms with Crippen molar-refractivity contribution in [1.82, 2.24) is 0 Å². The molecular weight excluding hydrogens is 286 g/mol. The van der Waals surface area contributed by atoms with E-state index in [1.807, 2.05) is 0 Å². The van der Waals surface area contributed by atoms with Gasteiger partial charge in [0.1, 0.15) is 23.5 Å². The van der Waals surface area contributed by atoms with Gasteiger partial charge in [-0.3, -0.25) is 0 Å². The fraction of sp³-hybridized carbons (Fsp3) is 0.200. The van der Waals surface area contributed by atoms with E-state index in [0.29, 0.717) is 16.3 Å². The lowest BCUT2D eigenvalue weighted by atomic mass is 9.94. The summed E-state index contributed by atoms with van der Waals surface area (Å²) in [6.07, 6.45) is -1.41. The van der Waals surface area contributed by atoms with Crippen molar-refractivity contribution in [3.05, 3.63) is 64.2 Å². The zero-order chi connectivity index (χ0) is 14.3. The summed E-state index contributed by atoms with van der Waals surface area (Å²) in [5, 5.41) is 10.5. The molecule has 0 aromatic heterocycles. The van der Waals surface area contributed by atoms with Crippen molar-refractivity contribution in [2.24, 2.45) is 0 Å². The molecule has 2 aromatic carbocycles. The number of aliphatic hydroxyl groups is 1. The second kappa shape index (κ2) is 5.04. The van der Waals surface area contributed by atoms with Crippen LogP contribution in [0.15, 0.2) is 36.4 Å². The lowest BCUT2D eigenvalue weighted by Crippen LogP contribution is -2.20. The van der Waals surface area contributed by atoms with Crippen LogP contribution >= 0.6 is 11.6 Å². The Labute approximate surface area is 119 Å². The number of hydrogen-bond acceptors (Lipinski definition) is 2. The smallest absolute Gasteiger partial charge is 0.130 e. The Hall–Kier alpha value is -1.65. The molecule has 0 saturated heterocycles. The highest BCUT2D eigenvalue weighted by Crippen LogP contribution is 2.41. The van der Waals surface area contributed by atoms with Crippen LogP contribution in [0, 0.1) is 11.6 Å². The molecule has 0 aliphatic carbocycles. The van der Waals surface area contributed by atoms with E-state index < -0.39 is 23.8 Å². The third kappa shape index (κ3) is 2.37. The van der Waals surface area contributed by atoms with Gasteiger partial charge in [-0.25, -0.2) is 8.78 Å². The van der Waals surface area contributed by atoms with Crippen molar-refractivity contribution in [3.63, 3.8) is 0 Å². The first-order valence-corrected chi connectivity index (χ1v) is 6.51. The van der Waals surface area contributed by atoms with Crippen LogP contribution in [-0.2, 0) is 0 Å². The van der Waals surface area contributed by atoms with Gasteiger partial charge in [0.05, 0.1) is 6.10 Å². The van der Waals surface area contributed by atoms with Crippen molar-refractivity contribution in [1.29, 1.82) is 0 Å². The second-order valence-electron chi connectivity index (χ2n) is 4.71. The molecule has 2 nitrogen and oxygen atoms in total. The molecule has 1 aliphatic rings. The number of halogens is 3. The number of benzene rings is 2. The minimum atomic E-state index is -0.905. The number of aliphatic hydroxyl groups excluding tert-OH is 1. The molecule has 104 valence electrons. The van der Waals surface area contributed by atoms with Crippen LogP contribution in [0.25, 0.3) is 0 Å². The predicted molar refractivity (Wildman–Crippen MR) is 70.8 cm³/mol. The summed E-state index contributed by atoms with van der Waals surface area (Å²) in [5.74, 6) is -0.537. The fourth-order valence-electron chi connectivity index (χ4n) is 2.37. The summed E-state index contributed by atoms with van der Waals surface area (Å²) < 4.78 is 32.7. The largest absolute Gasteiger partial charge is 0.485 e.